The predicted octanol–water partition coefficient (Wildman–Crippen LogP) is 23.2. The quantitative estimate of drug-likeness (QED) is 0.0948. The molecule has 0 saturated carbocycles. The van der Waals surface area contributed by atoms with Crippen LogP contribution in [0, 0.1) is 0 Å². The van der Waals surface area contributed by atoms with Gasteiger partial charge in [-0.15, -0.1) is 0 Å². The summed E-state index contributed by atoms with van der Waals surface area (Å²) in [5.74, 6) is 0. The Balaban J connectivity index is 1.94. The molecule has 0 radical (unpaired) electrons. The first-order chi connectivity index (χ1) is 38.0. The van der Waals surface area contributed by atoms with Crippen molar-refractivity contribution in [3.63, 3.8) is 0 Å². The van der Waals surface area contributed by atoms with Gasteiger partial charge in [0.25, 0.3) is 0 Å². The Morgan fingerprint density at radius 1 is 0.0833 bits per heavy atom. The van der Waals surface area contributed by atoms with Gasteiger partial charge in [-0.3, -0.25) is 0 Å². The second-order valence-electron chi connectivity index (χ2n) is 40.2. The van der Waals surface area contributed by atoms with E-state index in [-0.39, 0.29) is 0 Å². The summed E-state index contributed by atoms with van der Waals surface area (Å²) in [6.07, 6.45) is 0. The number of rotatable bonds is 22. The van der Waals surface area contributed by atoms with Crippen molar-refractivity contribution in [2.75, 3.05) is 0 Å². The molecule has 0 nitrogen and oxygen atoms in total. The monoisotopic (exact) mass is 1450 g/mol. The van der Waals surface area contributed by atoms with Crippen LogP contribution in [0.3, 0.4) is 0 Å². The summed E-state index contributed by atoms with van der Waals surface area (Å²) >= 11 is 0. The van der Waals surface area contributed by atoms with Gasteiger partial charge in [0.1, 0.15) is 0 Å². The molecule has 0 aromatic heterocycles. The van der Waals surface area contributed by atoms with Crippen molar-refractivity contribution in [2.45, 2.75) is 427 Å². The molecule has 12 atom stereocenters. The highest BCUT2D eigenvalue weighted by Crippen LogP contribution is 3.07. The Kier molecular flexibility index (Phi) is 17.8. The molecule has 0 N–H and O–H groups in total. The fourth-order valence-electron chi connectivity index (χ4n) is 43.3. The van der Waals surface area contributed by atoms with E-state index in [1.165, 1.54) is 0 Å². The van der Waals surface area contributed by atoms with Gasteiger partial charge in [0.2, 0.25) is 0 Å². The van der Waals surface area contributed by atoms with E-state index in [2.05, 4.69) is 305 Å². The van der Waals surface area contributed by atoms with Crippen LogP contribution in [-0.2, 0) is 0 Å². The maximum absolute atomic E-state index is 3.36. The Bertz CT molecular complexity index is 2230. The molecule has 8 fully saturated rings. The van der Waals surface area contributed by atoms with Crippen LogP contribution in [0.1, 0.15) is 305 Å². The zero-order chi connectivity index (χ0) is 65.7. The van der Waals surface area contributed by atoms with Crippen molar-refractivity contribution >= 4 is 121 Å². The first kappa shape index (κ1) is 73.7. The van der Waals surface area contributed by atoms with Gasteiger partial charge >= 0.3 is 0 Å². The summed E-state index contributed by atoms with van der Waals surface area (Å²) in [4.78, 5) is 0. The van der Waals surface area contributed by atoms with Crippen LogP contribution >= 0.6 is 0 Å². The Labute approximate surface area is 542 Å². The summed E-state index contributed by atoms with van der Waals surface area (Å²) in [5.41, 5.74) is 23.5. The topological polar surface area (TPSA) is 0 Å². The molecule has 8 aliphatic rings. The molecule has 18 heteroatoms. The van der Waals surface area contributed by atoms with Gasteiger partial charge in [0.15, 0.2) is 0 Å². The Hall–Kier alpha value is 3.90. The Morgan fingerprint density at radius 3 is 0.190 bits per heavy atom. The van der Waals surface area contributed by atoms with Crippen molar-refractivity contribution in [1.29, 1.82) is 0 Å². The van der Waals surface area contributed by atoms with E-state index >= 15 is 0 Å². The fourth-order valence-corrected chi connectivity index (χ4v) is 2170. The first-order valence-corrected chi connectivity index (χ1v) is 101. The fraction of sp³-hybridized carbons (Fsp3) is 1.00. The predicted molar refractivity (Wildman–Crippen MR) is 436 cm³/mol. The van der Waals surface area contributed by atoms with E-state index in [0.29, 0.717) is 0 Å². The van der Waals surface area contributed by atoms with E-state index < -0.39 is 121 Å². The highest BCUT2D eigenvalue weighted by molar-refractivity contribution is 8.86. The molecule has 8 aliphatic heterocycles. The SMILES string of the molecule is CC(C)[Si]1(C(C)C)[Si](C(C)C)(C(C)C)[Si]2(C(C)C)[Si]1(C(C)C)[Si]1(C(C)C)[Si]2(C(C)C)[Si]2(C(C)C)[Si]1(C(C)C)[Si]1(C(C)C)[Si]3(C(C)C)[Si]4(C(C)C)[Si]5(C(C)C)[Si](C(C)C)(C(C)C)[Si](C(C)C)(C(C)C)[Si]5(C(C)C)[Si]4(C(C)C)[Si]3(C(C)C)[Si]21C(C)C. The summed E-state index contributed by atoms with van der Waals surface area (Å²) in [5, 5.41) is 0. The van der Waals surface area contributed by atoms with Crippen LogP contribution in [0.15, 0.2) is 0 Å². The van der Waals surface area contributed by atoms with E-state index in [1.807, 2.05) is 0 Å². The molecule has 12 unspecified atom stereocenters. The minimum absolute atomic E-state index is 1.01. The van der Waals surface area contributed by atoms with Crippen LogP contribution < -0.4 is 0 Å². The largest absolute Gasteiger partial charge is 0.0659 e. The lowest BCUT2D eigenvalue weighted by Crippen LogP contribution is -3.60. The molecule has 0 spiro atoms. The van der Waals surface area contributed by atoms with Gasteiger partial charge in [-0.2, -0.15) is 0 Å². The van der Waals surface area contributed by atoms with Crippen LogP contribution in [-0.4, -0.2) is 121 Å². The summed E-state index contributed by atoms with van der Waals surface area (Å²) in [7, 11) is -7.70. The molecule has 8 heterocycles. The second kappa shape index (κ2) is 20.3. The lowest BCUT2D eigenvalue weighted by Gasteiger charge is -3.28. The van der Waals surface area contributed by atoms with Gasteiger partial charge < -0.3 is 0 Å². The van der Waals surface area contributed by atoms with Crippen molar-refractivity contribution in [3.8, 4) is 0 Å². The highest BCUT2D eigenvalue weighted by Gasteiger charge is 3.34. The van der Waals surface area contributed by atoms with Crippen molar-refractivity contribution in [3.05, 3.63) is 0 Å². The summed E-state index contributed by atoms with van der Waals surface area (Å²) in [6.45, 7) is 114. The zero-order valence-corrected chi connectivity index (χ0v) is 83.7. The van der Waals surface area contributed by atoms with Crippen LogP contribution in [0.5, 0.6) is 0 Å². The molecule has 0 bridgehead atoms. The third-order valence-corrected chi connectivity index (χ3v) is 823. The maximum atomic E-state index is 3.36. The van der Waals surface area contributed by atoms with Crippen molar-refractivity contribution in [2.24, 2.45) is 0 Å². The van der Waals surface area contributed by atoms with E-state index in [4.69, 9.17) is 0 Å². The normalized spacial score (nSPS) is 45.2. The lowest BCUT2D eigenvalue weighted by molar-refractivity contribution is 0.863. The molecule has 84 heavy (non-hydrogen) atoms. The maximum Gasteiger partial charge on any atom is 0.0400 e. The highest BCUT2D eigenvalue weighted by atomic mass is 31.1. The van der Waals surface area contributed by atoms with Gasteiger partial charge in [-0.1, -0.05) is 427 Å². The van der Waals surface area contributed by atoms with Crippen LogP contribution in [0.4, 0.5) is 0 Å². The molecule has 0 amide bonds. The molecular formula is C66H154Si18. The smallest absolute Gasteiger partial charge is 0.0400 e. The first-order valence-electron chi connectivity index (χ1n) is 38.0. The average Bonchev–Trinajstić information content (AvgIpc) is 3.26. The van der Waals surface area contributed by atoms with Gasteiger partial charge in [0.05, 0.1) is 0 Å². The molecule has 8 saturated heterocycles. The van der Waals surface area contributed by atoms with Gasteiger partial charge in [-0.05, 0) is 0 Å². The zero-order valence-electron chi connectivity index (χ0n) is 65.7. The average molecular weight is 1450 g/mol. The van der Waals surface area contributed by atoms with E-state index in [9.17, 15) is 0 Å². The van der Waals surface area contributed by atoms with Crippen LogP contribution in [0.2, 0.25) is 122 Å². The second-order valence-corrected chi connectivity index (χ2v) is 283. The molecule has 0 aromatic rings. The number of fused-ring (bicyclic) bond motifs is 19. The van der Waals surface area contributed by atoms with Crippen molar-refractivity contribution < 1.29 is 0 Å². The molecule has 8 rings (SSSR count). The lowest BCUT2D eigenvalue weighted by atomic mass is 10.5. The molecule has 0 aromatic carbocycles. The van der Waals surface area contributed by atoms with Crippen LogP contribution in [0.25, 0.3) is 0 Å². The summed E-state index contributed by atoms with van der Waals surface area (Å²) < 4.78 is 0. The molecule has 490 valence electrons. The minimum Gasteiger partial charge on any atom is -0.0659 e. The summed E-state index contributed by atoms with van der Waals surface area (Å²) in [6, 6.07) is 0. The van der Waals surface area contributed by atoms with E-state index in [0.717, 1.165) is 122 Å². The van der Waals surface area contributed by atoms with Gasteiger partial charge in [-0.25, -0.2) is 0 Å². The van der Waals surface area contributed by atoms with Crippen molar-refractivity contribution in [1.82, 2.24) is 0 Å². The third-order valence-electron chi connectivity index (χ3n) is 35.2. The molecule has 0 aliphatic carbocycles. The number of hydrogen-bond donors (Lipinski definition) is 0. The standard InChI is InChI=1S/C66H154Si18/c1-45(2)67(46(3)4)68(47(5)6,48(7)8)72(54(19)20)71(67,53(17)18)75(57(25)26)76(72,58(27)28)80(62(35)36)79(75,61(33)34)83(65(41)42)81(63(37)38)77(59(29)30)73(55(21)22)69(49(9)10,50(11)12)70(51(13)14,52(15)16)74(73,56(23)24)78(77,60(31)32)82(81,64(39)40)84(80,83)66(43)44/h45-66H,1-44H3. The molecular weight excluding hydrogens is 1300 g/mol. The van der Waals surface area contributed by atoms with Gasteiger partial charge in [0, 0.05) is 121 Å². The Morgan fingerprint density at radius 2 is 0.143 bits per heavy atom. The van der Waals surface area contributed by atoms with E-state index in [1.54, 1.807) is 0 Å². The third kappa shape index (κ3) is 4.75. The minimum atomic E-state index is -2.07. The number of hydrogen-bond acceptors (Lipinski definition) is 0.